The Morgan fingerprint density at radius 2 is 1.46 bits per heavy atom. The molecule has 4 rings (SSSR count). The third-order valence-corrected chi connectivity index (χ3v) is 5.44. The van der Waals surface area contributed by atoms with E-state index in [-0.39, 0.29) is 12.1 Å². The maximum absolute atomic E-state index is 14.2. The first-order valence-corrected chi connectivity index (χ1v) is 10.0. The van der Waals surface area contributed by atoms with Crippen LogP contribution in [0.15, 0.2) is 69.2 Å². The maximum atomic E-state index is 14.2. The summed E-state index contributed by atoms with van der Waals surface area (Å²) in [6, 6.07) is 11.9. The Hall–Kier alpha value is -3.90. The summed E-state index contributed by atoms with van der Waals surface area (Å²) in [5.74, 6) is -2.56. The summed E-state index contributed by atoms with van der Waals surface area (Å²) in [6.07, 6.45) is -12.6. The van der Waals surface area contributed by atoms with E-state index >= 15 is 0 Å². The number of nitrogens with one attached hydrogen (secondary N) is 2. The Morgan fingerprint density at radius 1 is 0.857 bits per heavy atom. The van der Waals surface area contributed by atoms with Crippen LogP contribution >= 0.6 is 0 Å². The van der Waals surface area contributed by atoms with Crippen LogP contribution in [-0.4, -0.2) is 27.7 Å². The summed E-state index contributed by atoms with van der Waals surface area (Å²) < 4.78 is 99.2. The van der Waals surface area contributed by atoms with Gasteiger partial charge in [-0.3, -0.25) is 9.78 Å². The highest BCUT2D eigenvalue weighted by atomic mass is 19.4. The van der Waals surface area contributed by atoms with E-state index in [1.54, 1.807) is 30.3 Å². The van der Waals surface area contributed by atoms with Gasteiger partial charge in [-0.05, 0) is 36.2 Å². The molecule has 0 saturated heterocycles. The molecule has 2 aromatic carbocycles. The number of fused-ring (bicyclic) bond motifs is 1. The van der Waals surface area contributed by atoms with Crippen molar-refractivity contribution in [2.24, 2.45) is 4.99 Å². The number of alkyl halides is 6. The molecule has 1 aliphatic rings. The fourth-order valence-corrected chi connectivity index (χ4v) is 3.85. The van der Waals surface area contributed by atoms with Crippen molar-refractivity contribution in [3.05, 3.63) is 92.4 Å². The summed E-state index contributed by atoms with van der Waals surface area (Å²) in [7, 11) is 0. The van der Waals surface area contributed by atoms with E-state index in [4.69, 9.17) is 0 Å². The monoisotopic (exact) mass is 500 g/mol. The van der Waals surface area contributed by atoms with E-state index in [1.807, 2.05) is 0 Å². The molecule has 0 radical (unpaired) electrons. The molecule has 2 N–H and O–H groups in total. The van der Waals surface area contributed by atoms with Crippen LogP contribution in [-0.2, 0) is 12.0 Å². The molecule has 35 heavy (non-hydrogen) atoms. The minimum absolute atomic E-state index is 0.0117. The normalized spacial score (nSPS) is 15.2. The van der Waals surface area contributed by atoms with Gasteiger partial charge < -0.3 is 5.32 Å². The molecular formula is C22H15F7N4O2. The number of aliphatic imine (C=N–C) groups is 1. The van der Waals surface area contributed by atoms with E-state index in [1.165, 1.54) is 4.98 Å². The zero-order chi connectivity index (χ0) is 25.6. The molecule has 0 aliphatic carbocycles. The van der Waals surface area contributed by atoms with Crippen LogP contribution in [0.4, 0.5) is 36.6 Å². The average molecular weight is 500 g/mol. The second-order valence-corrected chi connectivity index (χ2v) is 7.67. The fourth-order valence-electron chi connectivity index (χ4n) is 3.85. The highest BCUT2D eigenvalue weighted by molar-refractivity contribution is 5.98. The second kappa shape index (κ2) is 8.40. The molecule has 0 saturated carbocycles. The molecule has 6 nitrogen and oxygen atoms in total. The Balaban J connectivity index is 2.00. The zero-order valence-electron chi connectivity index (χ0n) is 17.5. The van der Waals surface area contributed by atoms with Gasteiger partial charge in [-0.2, -0.15) is 26.3 Å². The fraction of sp³-hybridized carbons (Fsp3) is 0.227. The molecule has 0 fully saturated rings. The van der Waals surface area contributed by atoms with Gasteiger partial charge in [0, 0.05) is 6.42 Å². The van der Waals surface area contributed by atoms with Crippen molar-refractivity contribution >= 4 is 11.7 Å². The summed E-state index contributed by atoms with van der Waals surface area (Å²) in [4.78, 5) is 29.6. The second-order valence-electron chi connectivity index (χ2n) is 7.67. The Morgan fingerprint density at radius 3 is 2.03 bits per heavy atom. The standard InChI is InChI=1S/C22H15F7N4O2/c23-13-7-9-14(10-8-13)33-17-16(18(34)31-19(33)35)20(21(24,25)26,22(27,28)29)32-15(30-17)11-6-12-4-2-1-3-5-12/h1-5,7-10H,6,11H2,(H,30,32)(H,31,34,35). The van der Waals surface area contributed by atoms with Crippen molar-refractivity contribution in [2.75, 3.05) is 5.32 Å². The average Bonchev–Trinajstić information content (AvgIpc) is 2.77. The predicted octanol–water partition coefficient (Wildman–Crippen LogP) is 4.44. The number of benzene rings is 2. The van der Waals surface area contributed by atoms with Crippen LogP contribution in [0.2, 0.25) is 0 Å². The minimum Gasteiger partial charge on any atom is -0.329 e. The molecule has 13 heteroatoms. The van der Waals surface area contributed by atoms with E-state index in [2.05, 4.69) is 10.3 Å². The molecule has 2 heterocycles. The Bertz CT molecular complexity index is 1380. The molecule has 0 unspecified atom stereocenters. The molecule has 0 bridgehead atoms. The van der Waals surface area contributed by atoms with Crippen LogP contribution in [0.3, 0.4) is 0 Å². The van der Waals surface area contributed by atoms with Gasteiger partial charge >= 0.3 is 18.0 Å². The number of hydrogen-bond acceptors (Lipinski definition) is 4. The Kier molecular flexibility index (Phi) is 5.81. The summed E-state index contributed by atoms with van der Waals surface area (Å²) >= 11 is 0. The van der Waals surface area contributed by atoms with Crippen molar-refractivity contribution in [2.45, 2.75) is 30.7 Å². The molecule has 0 atom stereocenters. The number of amidine groups is 1. The summed E-state index contributed by atoms with van der Waals surface area (Å²) in [5.41, 5.74) is -9.69. The van der Waals surface area contributed by atoms with Crippen molar-refractivity contribution in [1.29, 1.82) is 0 Å². The number of halogens is 7. The van der Waals surface area contributed by atoms with Crippen LogP contribution in [0.1, 0.15) is 17.5 Å². The molecule has 0 spiro atoms. The topological polar surface area (TPSA) is 79.2 Å². The van der Waals surface area contributed by atoms with Crippen molar-refractivity contribution < 1.29 is 30.7 Å². The first kappa shape index (κ1) is 24.2. The van der Waals surface area contributed by atoms with Crippen LogP contribution in [0, 0.1) is 5.82 Å². The van der Waals surface area contributed by atoms with Crippen molar-refractivity contribution in [1.82, 2.24) is 9.55 Å². The number of anilines is 1. The minimum atomic E-state index is -6.10. The third kappa shape index (κ3) is 4.10. The number of H-pyrrole nitrogens is 1. The van der Waals surface area contributed by atoms with E-state index in [0.717, 1.165) is 24.3 Å². The number of nitrogens with zero attached hydrogens (tertiary/aromatic N) is 2. The molecule has 184 valence electrons. The van der Waals surface area contributed by atoms with Crippen LogP contribution < -0.4 is 16.6 Å². The van der Waals surface area contributed by atoms with Gasteiger partial charge in [0.05, 0.1) is 5.69 Å². The lowest BCUT2D eigenvalue weighted by Crippen LogP contribution is -2.59. The van der Waals surface area contributed by atoms with Gasteiger partial charge in [-0.1, -0.05) is 30.3 Å². The number of rotatable bonds is 4. The van der Waals surface area contributed by atoms with Crippen LogP contribution in [0.5, 0.6) is 0 Å². The number of hydrogen-bond donors (Lipinski definition) is 2. The number of aromatic amines is 1. The molecule has 0 amide bonds. The van der Waals surface area contributed by atoms with E-state index < -0.39 is 58.6 Å². The summed E-state index contributed by atoms with van der Waals surface area (Å²) in [6.45, 7) is 0. The number of aryl methyl sites for hydroxylation is 1. The quantitative estimate of drug-likeness (QED) is 0.520. The lowest BCUT2D eigenvalue weighted by molar-refractivity contribution is -0.301. The molecule has 3 aromatic rings. The highest BCUT2D eigenvalue weighted by Gasteiger charge is 2.75. The van der Waals surface area contributed by atoms with E-state index in [9.17, 15) is 40.3 Å². The van der Waals surface area contributed by atoms with E-state index in [0.29, 0.717) is 10.1 Å². The SMILES string of the molecule is O=c1[nH]c(=O)n(-c2ccc(F)cc2)c2c1C(C(F)(F)F)(C(F)(F)F)N=C(CCc1ccccc1)N2. The van der Waals surface area contributed by atoms with Gasteiger partial charge in [0.1, 0.15) is 23.0 Å². The van der Waals surface area contributed by atoms with Crippen molar-refractivity contribution in [3.63, 3.8) is 0 Å². The lowest BCUT2D eigenvalue weighted by atomic mass is 9.87. The molecule has 1 aliphatic heterocycles. The first-order chi connectivity index (χ1) is 16.3. The molecular weight excluding hydrogens is 485 g/mol. The Labute approximate surface area is 191 Å². The highest BCUT2D eigenvalue weighted by Crippen LogP contribution is 2.55. The van der Waals surface area contributed by atoms with Gasteiger partial charge in [-0.15, -0.1) is 0 Å². The lowest BCUT2D eigenvalue weighted by Gasteiger charge is -2.38. The van der Waals surface area contributed by atoms with Gasteiger partial charge in [0.25, 0.3) is 11.1 Å². The maximum Gasteiger partial charge on any atom is 0.427 e. The van der Waals surface area contributed by atoms with Gasteiger partial charge in [0.2, 0.25) is 0 Å². The summed E-state index contributed by atoms with van der Waals surface area (Å²) in [5, 5.41) is 2.33. The van der Waals surface area contributed by atoms with Gasteiger partial charge in [0.15, 0.2) is 0 Å². The zero-order valence-corrected chi connectivity index (χ0v) is 17.5. The first-order valence-electron chi connectivity index (χ1n) is 10.0. The number of aromatic nitrogens is 2. The van der Waals surface area contributed by atoms with Crippen molar-refractivity contribution in [3.8, 4) is 5.69 Å². The molecule has 1 aromatic heterocycles. The third-order valence-electron chi connectivity index (χ3n) is 5.44. The predicted molar refractivity (Wildman–Crippen MR) is 112 cm³/mol. The smallest absolute Gasteiger partial charge is 0.329 e. The van der Waals surface area contributed by atoms with Crippen LogP contribution in [0.25, 0.3) is 5.69 Å². The largest absolute Gasteiger partial charge is 0.427 e. The van der Waals surface area contributed by atoms with Gasteiger partial charge in [-0.25, -0.2) is 18.7 Å².